The third kappa shape index (κ3) is 3.56. The van der Waals surface area contributed by atoms with E-state index >= 15 is 0 Å². The molecule has 0 spiro atoms. The van der Waals surface area contributed by atoms with E-state index < -0.39 is 0 Å². The van der Waals surface area contributed by atoms with Gasteiger partial charge in [0.05, 0.1) is 11.9 Å². The summed E-state index contributed by atoms with van der Waals surface area (Å²) >= 11 is 0. The van der Waals surface area contributed by atoms with Crippen LogP contribution in [0.15, 0.2) is 97.5 Å². The topological polar surface area (TPSA) is 37.8 Å². The first-order chi connectivity index (χ1) is 12.4. The van der Waals surface area contributed by atoms with Crippen LogP contribution in [0.3, 0.4) is 0 Å². The summed E-state index contributed by atoms with van der Waals surface area (Å²) in [5.41, 5.74) is 6.41. The largest absolute Gasteiger partial charge is 0.356 e. The van der Waals surface area contributed by atoms with Crippen LogP contribution < -0.4 is 5.32 Å². The number of rotatable bonds is 4. The van der Waals surface area contributed by atoms with Gasteiger partial charge in [-0.1, -0.05) is 54.6 Å². The van der Waals surface area contributed by atoms with Gasteiger partial charge < -0.3 is 5.32 Å². The number of benzene rings is 3. The molecule has 4 aromatic rings. The van der Waals surface area contributed by atoms with Crippen molar-refractivity contribution in [3.63, 3.8) is 0 Å². The summed E-state index contributed by atoms with van der Waals surface area (Å²) in [5.74, 6) is 0. The fraction of sp³-hybridized carbons (Fsp3) is 0. The van der Waals surface area contributed by atoms with Crippen molar-refractivity contribution in [3.05, 3.63) is 97.5 Å². The molecule has 3 aromatic carbocycles. The molecule has 0 atom stereocenters. The van der Waals surface area contributed by atoms with E-state index in [9.17, 15) is 0 Å². The van der Waals surface area contributed by atoms with Crippen LogP contribution in [0.4, 0.5) is 11.4 Å². The first kappa shape index (κ1) is 15.1. The zero-order chi connectivity index (χ0) is 16.9. The highest BCUT2D eigenvalue weighted by Gasteiger charge is 2.02. The van der Waals surface area contributed by atoms with Crippen molar-refractivity contribution in [3.8, 4) is 22.4 Å². The summed E-state index contributed by atoms with van der Waals surface area (Å²) in [6.07, 6.45) is 5.16. The Morgan fingerprint density at radius 3 is 2.12 bits per heavy atom. The molecule has 120 valence electrons. The molecule has 0 aliphatic rings. The van der Waals surface area contributed by atoms with Crippen LogP contribution in [0.5, 0.6) is 0 Å². The predicted molar refractivity (Wildman–Crippen MR) is 103 cm³/mol. The van der Waals surface area contributed by atoms with Crippen LogP contribution in [0.2, 0.25) is 0 Å². The molecular weight excluding hydrogens is 306 g/mol. The molecule has 3 heteroatoms. The van der Waals surface area contributed by atoms with E-state index in [4.69, 9.17) is 0 Å². The van der Waals surface area contributed by atoms with E-state index in [2.05, 4.69) is 69.9 Å². The van der Waals surface area contributed by atoms with Gasteiger partial charge in [0.1, 0.15) is 0 Å². The fourth-order valence-corrected chi connectivity index (χ4v) is 2.75. The second-order valence-corrected chi connectivity index (χ2v) is 5.74. The van der Waals surface area contributed by atoms with Crippen molar-refractivity contribution in [2.75, 3.05) is 5.32 Å². The van der Waals surface area contributed by atoms with Crippen molar-refractivity contribution >= 4 is 11.4 Å². The van der Waals surface area contributed by atoms with E-state index in [1.165, 1.54) is 11.1 Å². The second kappa shape index (κ2) is 6.97. The zero-order valence-electron chi connectivity index (χ0n) is 13.6. The van der Waals surface area contributed by atoms with E-state index in [0.717, 1.165) is 22.6 Å². The average molecular weight is 323 g/mol. The number of hydrogen-bond acceptors (Lipinski definition) is 3. The van der Waals surface area contributed by atoms with Crippen LogP contribution in [-0.4, -0.2) is 9.97 Å². The molecule has 0 bridgehead atoms. The van der Waals surface area contributed by atoms with E-state index in [0.29, 0.717) is 0 Å². The Hall–Kier alpha value is -3.46. The van der Waals surface area contributed by atoms with Crippen LogP contribution >= 0.6 is 0 Å². The Balaban J connectivity index is 1.55. The quantitative estimate of drug-likeness (QED) is 0.535. The lowest BCUT2D eigenvalue weighted by molar-refractivity contribution is 1.21. The smallest absolute Gasteiger partial charge is 0.0885 e. The van der Waals surface area contributed by atoms with Gasteiger partial charge in [-0.3, -0.25) is 9.97 Å². The zero-order valence-corrected chi connectivity index (χ0v) is 13.6. The number of hydrogen-bond donors (Lipinski definition) is 1. The third-order valence-electron chi connectivity index (χ3n) is 4.00. The maximum Gasteiger partial charge on any atom is 0.0885 e. The SMILES string of the molecule is c1ccc(-c2ccc(Nc3cccc(-c4cnccn4)c3)cc2)cc1. The van der Waals surface area contributed by atoms with Gasteiger partial charge in [-0.25, -0.2) is 0 Å². The summed E-state index contributed by atoms with van der Waals surface area (Å²) < 4.78 is 0. The minimum Gasteiger partial charge on any atom is -0.356 e. The van der Waals surface area contributed by atoms with Gasteiger partial charge in [0, 0.05) is 29.3 Å². The van der Waals surface area contributed by atoms with Crippen LogP contribution in [0.25, 0.3) is 22.4 Å². The normalized spacial score (nSPS) is 10.4. The lowest BCUT2D eigenvalue weighted by Gasteiger charge is -2.09. The molecular formula is C22H17N3. The second-order valence-electron chi connectivity index (χ2n) is 5.74. The summed E-state index contributed by atoms with van der Waals surface area (Å²) in [6, 6.07) is 27.0. The molecule has 0 saturated heterocycles. The molecule has 0 saturated carbocycles. The van der Waals surface area contributed by atoms with Gasteiger partial charge in [0.2, 0.25) is 0 Å². The maximum atomic E-state index is 4.35. The number of aromatic nitrogens is 2. The summed E-state index contributed by atoms with van der Waals surface area (Å²) in [4.78, 5) is 8.48. The summed E-state index contributed by atoms with van der Waals surface area (Å²) in [6.45, 7) is 0. The lowest BCUT2D eigenvalue weighted by Crippen LogP contribution is -1.91. The molecule has 0 unspecified atom stereocenters. The lowest BCUT2D eigenvalue weighted by atomic mass is 10.1. The van der Waals surface area contributed by atoms with Gasteiger partial charge in [-0.15, -0.1) is 0 Å². The molecule has 25 heavy (non-hydrogen) atoms. The summed E-state index contributed by atoms with van der Waals surface area (Å²) in [7, 11) is 0. The third-order valence-corrected chi connectivity index (χ3v) is 4.00. The molecule has 1 aromatic heterocycles. The average Bonchev–Trinajstić information content (AvgIpc) is 2.70. The Morgan fingerprint density at radius 1 is 0.600 bits per heavy atom. The van der Waals surface area contributed by atoms with E-state index in [-0.39, 0.29) is 0 Å². The molecule has 0 aliphatic carbocycles. The number of anilines is 2. The van der Waals surface area contributed by atoms with Gasteiger partial charge >= 0.3 is 0 Å². The van der Waals surface area contributed by atoms with E-state index in [1.807, 2.05) is 24.3 Å². The highest BCUT2D eigenvalue weighted by atomic mass is 14.9. The van der Waals surface area contributed by atoms with Crippen molar-refractivity contribution in [2.24, 2.45) is 0 Å². The van der Waals surface area contributed by atoms with Gasteiger partial charge in [0.15, 0.2) is 0 Å². The Bertz CT molecular complexity index is 949. The van der Waals surface area contributed by atoms with Gasteiger partial charge in [-0.2, -0.15) is 0 Å². The number of nitrogens with one attached hydrogen (secondary N) is 1. The molecule has 3 nitrogen and oxygen atoms in total. The first-order valence-corrected chi connectivity index (χ1v) is 8.17. The number of nitrogens with zero attached hydrogens (tertiary/aromatic N) is 2. The fourth-order valence-electron chi connectivity index (χ4n) is 2.75. The minimum atomic E-state index is 0.866. The van der Waals surface area contributed by atoms with Gasteiger partial charge in [0.25, 0.3) is 0 Å². The maximum absolute atomic E-state index is 4.35. The van der Waals surface area contributed by atoms with Crippen molar-refractivity contribution in [1.29, 1.82) is 0 Å². The minimum absolute atomic E-state index is 0.866. The highest BCUT2D eigenvalue weighted by molar-refractivity contribution is 5.71. The first-order valence-electron chi connectivity index (χ1n) is 8.17. The molecule has 4 rings (SSSR count). The highest BCUT2D eigenvalue weighted by Crippen LogP contribution is 2.25. The molecule has 1 heterocycles. The molecule has 0 fully saturated rings. The molecule has 1 N–H and O–H groups in total. The van der Waals surface area contributed by atoms with Crippen LogP contribution in [0, 0.1) is 0 Å². The van der Waals surface area contributed by atoms with E-state index in [1.54, 1.807) is 18.6 Å². The standard InChI is InChI=1S/C22H17N3/c1-2-5-17(6-3-1)18-9-11-20(12-10-18)25-21-8-4-7-19(15-21)22-16-23-13-14-24-22/h1-16,25H. The Kier molecular flexibility index (Phi) is 4.21. The molecule has 0 aliphatic heterocycles. The van der Waals surface area contributed by atoms with Crippen molar-refractivity contribution in [2.45, 2.75) is 0 Å². The monoisotopic (exact) mass is 323 g/mol. The Labute approximate surface area is 147 Å². The van der Waals surface area contributed by atoms with Crippen molar-refractivity contribution in [1.82, 2.24) is 9.97 Å². The van der Waals surface area contributed by atoms with Crippen LogP contribution in [0.1, 0.15) is 0 Å². The van der Waals surface area contributed by atoms with Gasteiger partial charge in [-0.05, 0) is 35.4 Å². The Morgan fingerprint density at radius 2 is 1.36 bits per heavy atom. The summed E-state index contributed by atoms with van der Waals surface area (Å²) in [5, 5.41) is 3.44. The molecule has 0 amide bonds. The predicted octanol–water partition coefficient (Wildman–Crippen LogP) is 5.55. The van der Waals surface area contributed by atoms with Crippen molar-refractivity contribution < 1.29 is 0 Å². The molecule has 0 radical (unpaired) electrons. The van der Waals surface area contributed by atoms with Crippen LogP contribution in [-0.2, 0) is 0 Å².